The molecule has 0 radical (unpaired) electrons. The van der Waals surface area contributed by atoms with Crippen LogP contribution in [0.2, 0.25) is 0 Å². The quantitative estimate of drug-likeness (QED) is 0.307. The molecule has 0 aliphatic heterocycles. The van der Waals surface area contributed by atoms with E-state index in [9.17, 15) is 14.4 Å². The van der Waals surface area contributed by atoms with Crippen LogP contribution in [-0.4, -0.2) is 88.3 Å². The molecule has 176 valence electrons. The zero-order chi connectivity index (χ0) is 23.4. The molecule has 8 heteroatoms. The average molecular weight is 431 g/mol. The van der Waals surface area contributed by atoms with Gasteiger partial charge in [0.15, 0.2) is 0 Å². The van der Waals surface area contributed by atoms with E-state index in [0.717, 1.165) is 0 Å². The highest BCUT2D eigenvalue weighted by atomic mass is 16.5. The summed E-state index contributed by atoms with van der Waals surface area (Å²) in [6.45, 7) is 12.2. The summed E-state index contributed by atoms with van der Waals surface area (Å²) in [7, 11) is 5.64. The molecule has 0 aromatic carbocycles. The predicted molar refractivity (Wildman–Crippen MR) is 116 cm³/mol. The van der Waals surface area contributed by atoms with Crippen LogP contribution in [0.3, 0.4) is 0 Å². The third-order valence-electron chi connectivity index (χ3n) is 4.07. The lowest BCUT2D eigenvalue weighted by Crippen LogP contribution is -2.30. The van der Waals surface area contributed by atoms with Crippen molar-refractivity contribution >= 4 is 17.9 Å². The molecule has 0 atom stereocenters. The molecule has 0 spiro atoms. The van der Waals surface area contributed by atoms with Crippen molar-refractivity contribution < 1.29 is 28.6 Å². The van der Waals surface area contributed by atoms with Gasteiger partial charge in [-0.15, -0.1) is 0 Å². The predicted octanol–water partition coefficient (Wildman–Crippen LogP) is 2.35. The molecule has 0 aromatic rings. The molecule has 0 aliphatic carbocycles. The third kappa shape index (κ3) is 17.2. The summed E-state index contributed by atoms with van der Waals surface area (Å²) in [5.41, 5.74) is -0.504. The lowest BCUT2D eigenvalue weighted by molar-refractivity contribution is -0.153. The Bertz CT molecular complexity index is 540. The Morgan fingerprint density at radius 1 is 0.633 bits per heavy atom. The summed E-state index contributed by atoms with van der Waals surface area (Å²) in [5.74, 6) is -0.809. The van der Waals surface area contributed by atoms with E-state index < -0.39 is 5.41 Å². The largest absolute Gasteiger partial charge is 0.465 e. The first kappa shape index (κ1) is 28.3. The second-order valence-corrected chi connectivity index (χ2v) is 10.1. The third-order valence-corrected chi connectivity index (χ3v) is 4.07. The SMILES string of the molecule is CN(C)CCC(=O)OCC(C)(C)COC(=O)CCN(C)CCC(=O)OCC(C)(C)C. The van der Waals surface area contributed by atoms with Crippen LogP contribution >= 0.6 is 0 Å². The van der Waals surface area contributed by atoms with Crippen LogP contribution in [0.15, 0.2) is 0 Å². The van der Waals surface area contributed by atoms with E-state index in [1.54, 1.807) is 0 Å². The van der Waals surface area contributed by atoms with E-state index in [1.807, 2.05) is 65.6 Å². The molecule has 0 saturated heterocycles. The van der Waals surface area contributed by atoms with Crippen LogP contribution in [0.1, 0.15) is 53.9 Å². The smallest absolute Gasteiger partial charge is 0.307 e. The molecule has 0 saturated carbocycles. The fourth-order valence-corrected chi connectivity index (χ4v) is 2.10. The number of esters is 3. The molecule has 0 fully saturated rings. The monoisotopic (exact) mass is 430 g/mol. The maximum atomic E-state index is 12.0. The Labute approximate surface area is 182 Å². The van der Waals surface area contributed by atoms with Gasteiger partial charge in [-0.2, -0.15) is 0 Å². The molecule has 0 heterocycles. The van der Waals surface area contributed by atoms with Crippen LogP contribution < -0.4 is 0 Å². The normalized spacial score (nSPS) is 12.2. The fourth-order valence-electron chi connectivity index (χ4n) is 2.10. The molecule has 0 N–H and O–H groups in total. The van der Waals surface area contributed by atoms with Crippen molar-refractivity contribution in [3.8, 4) is 0 Å². The van der Waals surface area contributed by atoms with Crippen molar-refractivity contribution in [1.82, 2.24) is 9.80 Å². The molecule has 0 unspecified atom stereocenters. The van der Waals surface area contributed by atoms with E-state index in [-0.39, 0.29) is 49.4 Å². The molecule has 0 amide bonds. The summed E-state index contributed by atoms with van der Waals surface area (Å²) in [6.07, 6.45) is 0.846. The molecule has 0 aromatic heterocycles. The summed E-state index contributed by atoms with van der Waals surface area (Å²) in [4.78, 5) is 39.3. The number of hydrogen-bond acceptors (Lipinski definition) is 8. The van der Waals surface area contributed by atoms with E-state index in [0.29, 0.717) is 32.7 Å². The van der Waals surface area contributed by atoms with Gasteiger partial charge in [-0.1, -0.05) is 34.6 Å². The van der Waals surface area contributed by atoms with Crippen LogP contribution in [-0.2, 0) is 28.6 Å². The van der Waals surface area contributed by atoms with Gasteiger partial charge in [0.05, 0.1) is 39.1 Å². The van der Waals surface area contributed by atoms with Gasteiger partial charge in [-0.25, -0.2) is 0 Å². The topological polar surface area (TPSA) is 85.4 Å². The van der Waals surface area contributed by atoms with Crippen LogP contribution in [0.25, 0.3) is 0 Å². The first-order chi connectivity index (χ1) is 13.7. The molecule has 0 rings (SSSR count). The van der Waals surface area contributed by atoms with Crippen molar-refractivity contribution in [2.45, 2.75) is 53.9 Å². The summed E-state index contributed by atoms with van der Waals surface area (Å²) < 4.78 is 15.8. The van der Waals surface area contributed by atoms with E-state index >= 15 is 0 Å². The van der Waals surface area contributed by atoms with Crippen molar-refractivity contribution in [2.24, 2.45) is 10.8 Å². The highest BCUT2D eigenvalue weighted by molar-refractivity contribution is 5.70. The molecule has 8 nitrogen and oxygen atoms in total. The number of nitrogens with zero attached hydrogens (tertiary/aromatic N) is 2. The molecular formula is C22H42N2O6. The average Bonchev–Trinajstić information content (AvgIpc) is 2.63. The van der Waals surface area contributed by atoms with Gasteiger partial charge in [-0.05, 0) is 26.6 Å². The second-order valence-electron chi connectivity index (χ2n) is 10.1. The molecule has 0 bridgehead atoms. The van der Waals surface area contributed by atoms with Crippen molar-refractivity contribution in [3.63, 3.8) is 0 Å². The van der Waals surface area contributed by atoms with Gasteiger partial charge in [-0.3, -0.25) is 14.4 Å². The molecular weight excluding hydrogens is 388 g/mol. The Balaban J connectivity index is 4.01. The van der Waals surface area contributed by atoms with Crippen LogP contribution in [0.4, 0.5) is 0 Å². The number of carbonyl (C=O) groups is 3. The Kier molecular flexibility index (Phi) is 12.8. The number of carbonyl (C=O) groups excluding carboxylic acids is 3. The van der Waals surface area contributed by atoms with Crippen LogP contribution in [0.5, 0.6) is 0 Å². The maximum absolute atomic E-state index is 12.0. The van der Waals surface area contributed by atoms with Crippen molar-refractivity contribution in [2.75, 3.05) is 60.6 Å². The lowest BCUT2D eigenvalue weighted by atomic mass is 9.96. The standard InChI is InChI=1S/C22H42N2O6/c1-21(2,3)15-28-19(26)10-13-24(8)14-11-20(27)30-17-22(4,5)16-29-18(25)9-12-23(6)7/h9-17H2,1-8H3. The number of hydrogen-bond donors (Lipinski definition) is 0. The highest BCUT2D eigenvalue weighted by Crippen LogP contribution is 2.17. The Morgan fingerprint density at radius 2 is 1.00 bits per heavy atom. The van der Waals surface area contributed by atoms with Gasteiger partial charge < -0.3 is 24.0 Å². The van der Waals surface area contributed by atoms with E-state index in [1.165, 1.54) is 0 Å². The summed E-state index contributed by atoms with van der Waals surface area (Å²) >= 11 is 0. The second kappa shape index (κ2) is 13.6. The zero-order valence-corrected chi connectivity index (χ0v) is 20.2. The van der Waals surface area contributed by atoms with Crippen LogP contribution in [0, 0.1) is 10.8 Å². The molecule has 30 heavy (non-hydrogen) atoms. The van der Waals surface area contributed by atoms with Crippen molar-refractivity contribution in [1.29, 1.82) is 0 Å². The minimum atomic E-state index is -0.452. The van der Waals surface area contributed by atoms with Gasteiger partial charge in [0.25, 0.3) is 0 Å². The van der Waals surface area contributed by atoms with Gasteiger partial charge in [0, 0.05) is 25.0 Å². The minimum Gasteiger partial charge on any atom is -0.465 e. The Hall–Kier alpha value is -1.67. The van der Waals surface area contributed by atoms with Crippen molar-refractivity contribution in [3.05, 3.63) is 0 Å². The van der Waals surface area contributed by atoms with Gasteiger partial charge >= 0.3 is 17.9 Å². The first-order valence-electron chi connectivity index (χ1n) is 10.5. The van der Waals surface area contributed by atoms with Gasteiger partial charge in [0.2, 0.25) is 0 Å². The fraction of sp³-hybridized carbons (Fsp3) is 0.864. The zero-order valence-electron chi connectivity index (χ0n) is 20.2. The lowest BCUT2D eigenvalue weighted by Gasteiger charge is -2.24. The first-order valence-corrected chi connectivity index (χ1v) is 10.5. The highest BCUT2D eigenvalue weighted by Gasteiger charge is 2.23. The maximum Gasteiger partial charge on any atom is 0.307 e. The number of ether oxygens (including phenoxy) is 3. The molecule has 0 aliphatic rings. The Morgan fingerprint density at radius 3 is 1.37 bits per heavy atom. The van der Waals surface area contributed by atoms with Gasteiger partial charge in [0.1, 0.15) is 0 Å². The van der Waals surface area contributed by atoms with E-state index in [2.05, 4.69) is 0 Å². The van der Waals surface area contributed by atoms with E-state index in [4.69, 9.17) is 14.2 Å². The summed E-state index contributed by atoms with van der Waals surface area (Å²) in [6, 6.07) is 0. The summed E-state index contributed by atoms with van der Waals surface area (Å²) in [5, 5.41) is 0. The minimum absolute atomic E-state index is 0.0519. The number of rotatable bonds is 14.